The van der Waals surface area contributed by atoms with Gasteiger partial charge in [0.1, 0.15) is 5.52 Å². The minimum Gasteiger partial charge on any atom is -0.384 e. The van der Waals surface area contributed by atoms with Gasteiger partial charge in [-0.3, -0.25) is 0 Å². The number of hydrogen-bond donors (Lipinski definition) is 1. The van der Waals surface area contributed by atoms with Crippen LogP contribution >= 0.6 is 15.9 Å². The fraction of sp³-hybridized carbons (Fsp3) is 0.308. The molecule has 4 heteroatoms. The lowest BCUT2D eigenvalue weighted by Gasteiger charge is -2.10. The first-order chi connectivity index (χ1) is 8.11. The number of nitrogens with one attached hydrogen (secondary N) is 1. The summed E-state index contributed by atoms with van der Waals surface area (Å²) >= 11 is 3.31. The standard InChI is InChI=1S/C13H14BrFN2/c1-3-4-16-12-5-8(2)17-13-10(12)6-9(14)7-11(13)15/h5-7H,3-4H2,1-2H3,(H,16,17). The quantitative estimate of drug-likeness (QED) is 0.915. The maximum Gasteiger partial charge on any atom is 0.150 e. The average Bonchev–Trinajstić information content (AvgIpc) is 2.27. The Kier molecular flexibility index (Phi) is 3.62. The summed E-state index contributed by atoms with van der Waals surface area (Å²) in [5.74, 6) is -0.294. The number of fused-ring (bicyclic) bond motifs is 1. The summed E-state index contributed by atoms with van der Waals surface area (Å²) in [5.41, 5.74) is 2.18. The highest BCUT2D eigenvalue weighted by Gasteiger charge is 2.09. The molecule has 0 aliphatic carbocycles. The van der Waals surface area contributed by atoms with Gasteiger partial charge in [0.25, 0.3) is 0 Å². The Balaban J connectivity index is 2.64. The SMILES string of the molecule is CCCNc1cc(C)nc2c(F)cc(Br)cc12. The van der Waals surface area contributed by atoms with Crippen LogP contribution in [0.5, 0.6) is 0 Å². The van der Waals surface area contributed by atoms with Gasteiger partial charge >= 0.3 is 0 Å². The fourth-order valence-electron chi connectivity index (χ4n) is 1.79. The molecule has 1 heterocycles. The molecule has 0 bridgehead atoms. The van der Waals surface area contributed by atoms with E-state index in [-0.39, 0.29) is 5.82 Å². The molecule has 1 aromatic heterocycles. The number of benzene rings is 1. The van der Waals surface area contributed by atoms with Crippen molar-refractivity contribution in [2.45, 2.75) is 20.3 Å². The van der Waals surface area contributed by atoms with Gasteiger partial charge in [0.2, 0.25) is 0 Å². The fourth-order valence-corrected chi connectivity index (χ4v) is 2.22. The summed E-state index contributed by atoms with van der Waals surface area (Å²) in [6.45, 7) is 4.84. The molecule has 0 fully saturated rings. The topological polar surface area (TPSA) is 24.9 Å². The first-order valence-corrected chi connectivity index (χ1v) is 6.41. The van der Waals surface area contributed by atoms with E-state index in [1.54, 1.807) is 0 Å². The minimum atomic E-state index is -0.294. The highest BCUT2D eigenvalue weighted by Crippen LogP contribution is 2.28. The number of anilines is 1. The van der Waals surface area contributed by atoms with Crippen molar-refractivity contribution >= 4 is 32.5 Å². The van der Waals surface area contributed by atoms with E-state index in [9.17, 15) is 4.39 Å². The maximum atomic E-state index is 13.8. The molecule has 0 radical (unpaired) electrons. The van der Waals surface area contributed by atoms with E-state index >= 15 is 0 Å². The lowest BCUT2D eigenvalue weighted by molar-refractivity contribution is 0.635. The van der Waals surface area contributed by atoms with Crippen molar-refractivity contribution in [3.63, 3.8) is 0 Å². The molecule has 0 spiro atoms. The van der Waals surface area contributed by atoms with Gasteiger partial charge in [0, 0.05) is 27.8 Å². The lowest BCUT2D eigenvalue weighted by Crippen LogP contribution is -2.02. The predicted octanol–water partition coefficient (Wildman–Crippen LogP) is 4.27. The normalized spacial score (nSPS) is 10.8. The molecule has 2 nitrogen and oxygen atoms in total. The Morgan fingerprint density at radius 3 is 2.82 bits per heavy atom. The second-order valence-electron chi connectivity index (χ2n) is 4.02. The molecule has 2 aromatic rings. The van der Waals surface area contributed by atoms with Gasteiger partial charge in [-0.2, -0.15) is 0 Å². The Hall–Kier alpha value is -1.16. The van der Waals surface area contributed by atoms with Crippen LogP contribution in [0.25, 0.3) is 10.9 Å². The van der Waals surface area contributed by atoms with Gasteiger partial charge in [-0.25, -0.2) is 9.37 Å². The van der Waals surface area contributed by atoms with Gasteiger partial charge in [0.05, 0.1) is 0 Å². The van der Waals surface area contributed by atoms with Gasteiger partial charge in [-0.15, -0.1) is 0 Å². The van der Waals surface area contributed by atoms with Crippen LogP contribution in [0, 0.1) is 12.7 Å². The third-order valence-corrected chi connectivity index (χ3v) is 2.98. The van der Waals surface area contributed by atoms with E-state index in [1.807, 2.05) is 19.1 Å². The molecular formula is C13H14BrFN2. The molecular weight excluding hydrogens is 283 g/mol. The van der Waals surface area contributed by atoms with E-state index < -0.39 is 0 Å². The summed E-state index contributed by atoms with van der Waals surface area (Å²) in [6.07, 6.45) is 1.03. The van der Waals surface area contributed by atoms with Gasteiger partial charge in [-0.05, 0) is 31.5 Å². The smallest absolute Gasteiger partial charge is 0.150 e. The number of nitrogens with zero attached hydrogens (tertiary/aromatic N) is 1. The molecule has 17 heavy (non-hydrogen) atoms. The summed E-state index contributed by atoms with van der Waals surface area (Å²) in [4.78, 5) is 4.25. The third-order valence-electron chi connectivity index (χ3n) is 2.53. The molecule has 0 aliphatic rings. The monoisotopic (exact) mass is 296 g/mol. The second kappa shape index (κ2) is 5.00. The van der Waals surface area contributed by atoms with E-state index in [1.165, 1.54) is 6.07 Å². The molecule has 1 aromatic carbocycles. The zero-order valence-corrected chi connectivity index (χ0v) is 11.4. The summed E-state index contributed by atoms with van der Waals surface area (Å²) in [7, 11) is 0. The Morgan fingerprint density at radius 2 is 2.12 bits per heavy atom. The van der Waals surface area contributed by atoms with Crippen LogP contribution in [-0.4, -0.2) is 11.5 Å². The number of aryl methyl sites for hydroxylation is 1. The van der Waals surface area contributed by atoms with E-state index in [2.05, 4.69) is 33.2 Å². The van der Waals surface area contributed by atoms with E-state index in [0.717, 1.165) is 34.2 Å². The van der Waals surface area contributed by atoms with Crippen molar-refractivity contribution in [2.75, 3.05) is 11.9 Å². The zero-order valence-electron chi connectivity index (χ0n) is 9.85. The highest BCUT2D eigenvalue weighted by atomic mass is 79.9. The molecule has 0 aliphatic heterocycles. The first-order valence-electron chi connectivity index (χ1n) is 5.62. The van der Waals surface area contributed by atoms with Crippen molar-refractivity contribution < 1.29 is 4.39 Å². The lowest BCUT2D eigenvalue weighted by atomic mass is 10.1. The van der Waals surface area contributed by atoms with Crippen LogP contribution in [0.2, 0.25) is 0 Å². The van der Waals surface area contributed by atoms with Crippen LogP contribution in [0.4, 0.5) is 10.1 Å². The predicted molar refractivity (Wildman–Crippen MR) is 72.9 cm³/mol. The highest BCUT2D eigenvalue weighted by molar-refractivity contribution is 9.10. The van der Waals surface area contributed by atoms with Crippen LogP contribution in [0.3, 0.4) is 0 Å². The Labute approximate surface area is 108 Å². The van der Waals surface area contributed by atoms with Crippen molar-refractivity contribution in [3.8, 4) is 0 Å². The minimum absolute atomic E-state index is 0.294. The maximum absolute atomic E-state index is 13.8. The molecule has 0 unspecified atom stereocenters. The molecule has 90 valence electrons. The Bertz CT molecular complexity index is 555. The van der Waals surface area contributed by atoms with Crippen molar-refractivity contribution in [1.29, 1.82) is 0 Å². The van der Waals surface area contributed by atoms with Crippen LogP contribution in [0.1, 0.15) is 19.0 Å². The van der Waals surface area contributed by atoms with Gasteiger partial charge in [0.15, 0.2) is 5.82 Å². The first kappa shape index (κ1) is 12.3. The third kappa shape index (κ3) is 2.57. The van der Waals surface area contributed by atoms with Gasteiger partial charge < -0.3 is 5.32 Å². The molecule has 2 rings (SSSR count). The van der Waals surface area contributed by atoms with E-state index in [0.29, 0.717) is 5.52 Å². The zero-order chi connectivity index (χ0) is 12.4. The Morgan fingerprint density at radius 1 is 1.35 bits per heavy atom. The van der Waals surface area contributed by atoms with Crippen LogP contribution in [-0.2, 0) is 0 Å². The second-order valence-corrected chi connectivity index (χ2v) is 4.94. The molecule has 1 N–H and O–H groups in total. The summed E-state index contributed by atoms with van der Waals surface area (Å²) in [5, 5.41) is 4.12. The summed E-state index contributed by atoms with van der Waals surface area (Å²) in [6, 6.07) is 5.28. The number of aromatic nitrogens is 1. The number of hydrogen-bond acceptors (Lipinski definition) is 2. The van der Waals surface area contributed by atoms with Crippen LogP contribution < -0.4 is 5.32 Å². The molecule has 0 atom stereocenters. The van der Waals surface area contributed by atoms with Crippen molar-refractivity contribution in [1.82, 2.24) is 4.98 Å². The molecule has 0 saturated heterocycles. The van der Waals surface area contributed by atoms with Crippen LogP contribution in [0.15, 0.2) is 22.7 Å². The molecule has 0 saturated carbocycles. The summed E-state index contributed by atoms with van der Waals surface area (Å²) < 4.78 is 14.5. The number of rotatable bonds is 3. The van der Waals surface area contributed by atoms with Gasteiger partial charge in [-0.1, -0.05) is 22.9 Å². The average molecular weight is 297 g/mol. The number of pyridine rings is 1. The largest absolute Gasteiger partial charge is 0.384 e. The van der Waals surface area contributed by atoms with Crippen molar-refractivity contribution in [3.05, 3.63) is 34.2 Å². The molecule has 0 amide bonds. The van der Waals surface area contributed by atoms with Crippen molar-refractivity contribution in [2.24, 2.45) is 0 Å². The number of halogens is 2. The van der Waals surface area contributed by atoms with E-state index in [4.69, 9.17) is 0 Å².